The second-order valence-corrected chi connectivity index (χ2v) is 8.55. The van der Waals surface area contributed by atoms with E-state index in [1.165, 1.54) is 6.42 Å². The van der Waals surface area contributed by atoms with Gasteiger partial charge in [0.15, 0.2) is 0 Å². The van der Waals surface area contributed by atoms with Gasteiger partial charge in [-0.05, 0) is 37.8 Å². The predicted octanol–water partition coefficient (Wildman–Crippen LogP) is 2.64. The molecule has 3 saturated heterocycles. The Hall–Kier alpha value is -1.33. The molecule has 25 heavy (non-hydrogen) atoms. The van der Waals surface area contributed by atoms with Crippen LogP contribution in [0.5, 0.6) is 0 Å². The van der Waals surface area contributed by atoms with E-state index < -0.39 is 0 Å². The van der Waals surface area contributed by atoms with Crippen molar-refractivity contribution in [2.45, 2.75) is 43.8 Å². The van der Waals surface area contributed by atoms with Crippen molar-refractivity contribution in [1.82, 2.24) is 10.3 Å². The Labute approximate surface area is 153 Å². The topological polar surface area (TPSA) is 54.5 Å². The minimum atomic E-state index is -0.0438. The minimum Gasteiger partial charge on any atom is -0.369 e. The quantitative estimate of drug-likeness (QED) is 0.895. The molecule has 1 aromatic rings. The van der Waals surface area contributed by atoms with Gasteiger partial charge in [0.2, 0.25) is 5.91 Å². The number of carbonyl (C=O) groups excluding carboxylic acids is 1. The van der Waals surface area contributed by atoms with Crippen LogP contribution in [0.3, 0.4) is 0 Å². The Bertz CT molecular complexity index is 678. The Kier molecular flexibility index (Phi) is 3.72. The van der Waals surface area contributed by atoms with Gasteiger partial charge >= 0.3 is 0 Å². The summed E-state index contributed by atoms with van der Waals surface area (Å²) in [5.74, 6) is 2.38. The van der Waals surface area contributed by atoms with E-state index in [9.17, 15) is 4.79 Å². The van der Waals surface area contributed by atoms with Crippen molar-refractivity contribution < 1.29 is 9.53 Å². The number of aromatic nitrogens is 1. The third-order valence-electron chi connectivity index (χ3n) is 6.81. The highest BCUT2D eigenvalue weighted by Gasteiger charge is 2.63. The zero-order chi connectivity index (χ0) is 17.0. The molecule has 0 unspecified atom stereocenters. The van der Waals surface area contributed by atoms with Crippen molar-refractivity contribution in [2.24, 2.45) is 17.8 Å². The highest BCUT2D eigenvalue weighted by Crippen LogP contribution is 2.55. The van der Waals surface area contributed by atoms with E-state index >= 15 is 0 Å². The SMILES string of the molecule is O=C(NC[C@H]1[C@H]2CN(c3ccc(Cl)cn3)C[C@]23CC[C@H]1O3)C1CCC1. The molecule has 1 aromatic heterocycles. The standard InChI is InChI=1S/C19H24ClN3O2/c20-13-4-5-17(21-8-13)23-10-15-14(9-22-18(24)12-2-1-3-12)16-6-7-19(15,11-23)25-16/h4-5,8,12,14-16H,1-3,6-7,9-11H2,(H,22,24)/t14-,15+,16+,19+/m0/s1. The van der Waals surface area contributed by atoms with Crippen LogP contribution in [-0.4, -0.2) is 42.2 Å². The fourth-order valence-corrected chi connectivity index (χ4v) is 5.34. The Balaban J connectivity index is 1.29. The molecule has 1 amide bonds. The van der Waals surface area contributed by atoms with Gasteiger partial charge in [0.05, 0.1) is 16.7 Å². The molecule has 5 nitrogen and oxygen atoms in total. The van der Waals surface area contributed by atoms with Crippen molar-refractivity contribution in [3.8, 4) is 0 Å². The van der Waals surface area contributed by atoms with E-state index in [4.69, 9.17) is 16.3 Å². The number of hydrogen-bond donors (Lipinski definition) is 1. The molecular weight excluding hydrogens is 338 g/mol. The third-order valence-corrected chi connectivity index (χ3v) is 7.03. The van der Waals surface area contributed by atoms with Crippen molar-refractivity contribution in [1.29, 1.82) is 0 Å². The highest BCUT2D eigenvalue weighted by atomic mass is 35.5. The number of anilines is 1. The minimum absolute atomic E-state index is 0.0438. The second-order valence-electron chi connectivity index (χ2n) is 8.12. The van der Waals surface area contributed by atoms with Crippen LogP contribution in [0.4, 0.5) is 5.82 Å². The number of ether oxygens (including phenoxy) is 1. The van der Waals surface area contributed by atoms with Crippen LogP contribution in [0, 0.1) is 17.8 Å². The molecule has 4 fully saturated rings. The fourth-order valence-electron chi connectivity index (χ4n) is 5.23. The molecule has 4 atom stereocenters. The van der Waals surface area contributed by atoms with Gasteiger partial charge in [0.25, 0.3) is 0 Å². The number of rotatable bonds is 4. The van der Waals surface area contributed by atoms with E-state index in [1.807, 2.05) is 12.1 Å². The van der Waals surface area contributed by atoms with Gasteiger partial charge in [-0.3, -0.25) is 4.79 Å². The number of pyridine rings is 1. The molecular formula is C19H24ClN3O2. The molecule has 0 aromatic carbocycles. The van der Waals surface area contributed by atoms with Crippen LogP contribution < -0.4 is 10.2 Å². The molecule has 1 aliphatic carbocycles. The van der Waals surface area contributed by atoms with Crippen molar-refractivity contribution in [3.63, 3.8) is 0 Å². The monoisotopic (exact) mass is 361 g/mol. The molecule has 2 bridgehead atoms. The summed E-state index contributed by atoms with van der Waals surface area (Å²) in [6, 6.07) is 3.88. The van der Waals surface area contributed by atoms with Gasteiger partial charge in [-0.25, -0.2) is 4.98 Å². The maximum absolute atomic E-state index is 12.2. The van der Waals surface area contributed by atoms with Crippen molar-refractivity contribution >= 4 is 23.3 Å². The first kappa shape index (κ1) is 15.9. The number of nitrogens with zero attached hydrogens (tertiary/aromatic N) is 2. The Morgan fingerprint density at radius 1 is 1.40 bits per heavy atom. The summed E-state index contributed by atoms with van der Waals surface area (Å²) in [4.78, 5) is 19.0. The van der Waals surface area contributed by atoms with Gasteiger partial charge in [0, 0.05) is 43.6 Å². The molecule has 4 heterocycles. The molecule has 1 spiro atoms. The molecule has 1 saturated carbocycles. The second kappa shape index (κ2) is 5.85. The first-order chi connectivity index (χ1) is 12.1. The summed E-state index contributed by atoms with van der Waals surface area (Å²) in [7, 11) is 0. The summed E-state index contributed by atoms with van der Waals surface area (Å²) in [6.07, 6.45) is 7.56. The molecule has 134 valence electrons. The van der Waals surface area contributed by atoms with Gasteiger partial charge < -0.3 is 15.0 Å². The largest absolute Gasteiger partial charge is 0.369 e. The lowest BCUT2D eigenvalue weighted by Gasteiger charge is -2.30. The van der Waals surface area contributed by atoms with Gasteiger partial charge in [0.1, 0.15) is 5.82 Å². The van der Waals surface area contributed by atoms with Crippen LogP contribution in [0.15, 0.2) is 18.3 Å². The number of nitrogens with one attached hydrogen (secondary N) is 1. The number of hydrogen-bond acceptors (Lipinski definition) is 4. The zero-order valence-corrected chi connectivity index (χ0v) is 15.0. The average molecular weight is 362 g/mol. The third kappa shape index (κ3) is 2.55. The summed E-state index contributed by atoms with van der Waals surface area (Å²) >= 11 is 5.97. The summed E-state index contributed by atoms with van der Waals surface area (Å²) in [6.45, 7) is 2.61. The Morgan fingerprint density at radius 2 is 2.28 bits per heavy atom. The van der Waals surface area contributed by atoms with E-state index in [2.05, 4.69) is 15.2 Å². The van der Waals surface area contributed by atoms with E-state index in [0.717, 1.165) is 51.1 Å². The summed E-state index contributed by atoms with van der Waals surface area (Å²) in [5, 5.41) is 3.87. The predicted molar refractivity (Wildman–Crippen MR) is 95.6 cm³/mol. The number of carbonyl (C=O) groups is 1. The van der Waals surface area contributed by atoms with Crippen LogP contribution in [0.25, 0.3) is 0 Å². The molecule has 0 radical (unpaired) electrons. The lowest BCUT2D eigenvalue weighted by molar-refractivity contribution is -0.127. The lowest BCUT2D eigenvalue weighted by atomic mass is 9.73. The van der Waals surface area contributed by atoms with Crippen molar-refractivity contribution in [3.05, 3.63) is 23.4 Å². The highest BCUT2D eigenvalue weighted by molar-refractivity contribution is 6.30. The Morgan fingerprint density at radius 3 is 3.00 bits per heavy atom. The lowest BCUT2D eigenvalue weighted by Crippen LogP contribution is -2.44. The maximum atomic E-state index is 12.2. The first-order valence-corrected chi connectivity index (χ1v) is 9.84. The van der Waals surface area contributed by atoms with Gasteiger partial charge in [-0.2, -0.15) is 0 Å². The molecule has 6 heteroatoms. The smallest absolute Gasteiger partial charge is 0.223 e. The maximum Gasteiger partial charge on any atom is 0.223 e. The molecule has 5 rings (SSSR count). The van der Waals surface area contributed by atoms with E-state index in [1.54, 1.807) is 6.20 Å². The molecule has 1 N–H and O–H groups in total. The molecule has 4 aliphatic rings. The van der Waals surface area contributed by atoms with Crippen LogP contribution in [0.1, 0.15) is 32.1 Å². The average Bonchev–Trinajstić information content (AvgIpc) is 3.20. The molecule has 3 aliphatic heterocycles. The number of halogens is 1. The van der Waals surface area contributed by atoms with Crippen LogP contribution in [-0.2, 0) is 9.53 Å². The van der Waals surface area contributed by atoms with Crippen molar-refractivity contribution in [2.75, 3.05) is 24.5 Å². The summed E-state index contributed by atoms with van der Waals surface area (Å²) < 4.78 is 6.46. The van der Waals surface area contributed by atoms with Gasteiger partial charge in [-0.15, -0.1) is 0 Å². The van der Waals surface area contributed by atoms with Crippen LogP contribution in [0.2, 0.25) is 5.02 Å². The first-order valence-electron chi connectivity index (χ1n) is 9.47. The fraction of sp³-hybridized carbons (Fsp3) is 0.684. The van der Waals surface area contributed by atoms with E-state index in [-0.39, 0.29) is 17.4 Å². The number of fused-ring (bicyclic) bond motifs is 1. The van der Waals surface area contributed by atoms with E-state index in [0.29, 0.717) is 23.0 Å². The zero-order valence-electron chi connectivity index (χ0n) is 14.3. The van der Waals surface area contributed by atoms with Gasteiger partial charge in [-0.1, -0.05) is 18.0 Å². The summed E-state index contributed by atoms with van der Waals surface area (Å²) in [5.41, 5.74) is -0.0438. The van der Waals surface area contributed by atoms with Crippen LogP contribution >= 0.6 is 11.6 Å². The normalized spacial score (nSPS) is 36.4. The number of amides is 1.